The maximum Gasteiger partial charge on any atom is 0.167 e. The highest BCUT2D eigenvalue weighted by molar-refractivity contribution is 5.88. The third-order valence-corrected chi connectivity index (χ3v) is 6.62. The Balaban J connectivity index is 5.10. The molecule has 0 amide bonds. The molecule has 0 heterocycles. The molecule has 5 heteroatoms. The molecule has 4 N–H and O–H groups in total. The highest BCUT2D eigenvalue weighted by atomic mass is 16.4. The number of hydrogen-bond donors (Lipinski definition) is 4. The molecule has 5 nitrogen and oxygen atoms in total. The topological polar surface area (TPSA) is 98.0 Å². The minimum Gasteiger partial charge on any atom is -0.390 e. The first-order valence-electron chi connectivity index (χ1n) is 11.5. The zero-order valence-corrected chi connectivity index (χ0v) is 19.0. The predicted octanol–water partition coefficient (Wildman–Crippen LogP) is 4.28. The summed E-state index contributed by atoms with van der Waals surface area (Å²) in [5.74, 6) is -0.444. The maximum atomic E-state index is 12.9. The summed E-state index contributed by atoms with van der Waals surface area (Å²) in [5, 5.41) is 44.1. The Kier molecular flexibility index (Phi) is 12.7. The minimum absolute atomic E-state index is 0.00800. The van der Waals surface area contributed by atoms with Gasteiger partial charge in [-0.25, -0.2) is 0 Å². The molecule has 1 unspecified atom stereocenters. The summed E-state index contributed by atoms with van der Waals surface area (Å²) in [5.41, 5.74) is -6.13. The molecule has 0 saturated carbocycles. The van der Waals surface area contributed by atoms with E-state index in [9.17, 15) is 25.2 Å². The summed E-state index contributed by atoms with van der Waals surface area (Å²) in [6, 6.07) is 0. The second-order valence-corrected chi connectivity index (χ2v) is 8.28. The third-order valence-electron chi connectivity index (χ3n) is 6.62. The van der Waals surface area contributed by atoms with E-state index in [4.69, 9.17) is 0 Å². The molecule has 168 valence electrons. The molecule has 0 radical (unpaired) electrons. The number of unbranched alkanes of at least 4 members (excludes halogenated alkanes) is 7. The van der Waals surface area contributed by atoms with Gasteiger partial charge in [0, 0.05) is 6.42 Å². The van der Waals surface area contributed by atoms with Gasteiger partial charge in [0.1, 0.15) is 11.2 Å². The maximum absolute atomic E-state index is 12.9. The average molecular weight is 403 g/mol. The van der Waals surface area contributed by atoms with E-state index in [1.807, 2.05) is 0 Å². The van der Waals surface area contributed by atoms with Crippen molar-refractivity contribution in [2.24, 2.45) is 0 Å². The smallest absolute Gasteiger partial charge is 0.167 e. The minimum atomic E-state index is -2.10. The lowest BCUT2D eigenvalue weighted by Crippen LogP contribution is -2.73. The van der Waals surface area contributed by atoms with Gasteiger partial charge in [0.2, 0.25) is 0 Å². The van der Waals surface area contributed by atoms with Gasteiger partial charge in [0.05, 0.1) is 6.10 Å². The summed E-state index contributed by atoms with van der Waals surface area (Å²) in [4.78, 5) is 12.9. The number of carbonyl (C=O) groups is 1. The van der Waals surface area contributed by atoms with Crippen LogP contribution in [0.25, 0.3) is 0 Å². The Morgan fingerprint density at radius 2 is 1.25 bits per heavy atom. The van der Waals surface area contributed by atoms with E-state index in [1.165, 1.54) is 25.7 Å². The van der Waals surface area contributed by atoms with Gasteiger partial charge in [-0.05, 0) is 32.1 Å². The highest BCUT2D eigenvalue weighted by Gasteiger charge is 2.64. The van der Waals surface area contributed by atoms with Crippen LogP contribution in [0.4, 0.5) is 0 Å². The fraction of sp³-hybridized carbons (Fsp3) is 0.957. The van der Waals surface area contributed by atoms with Crippen LogP contribution < -0.4 is 0 Å². The summed E-state index contributed by atoms with van der Waals surface area (Å²) >= 11 is 0. The first kappa shape index (κ1) is 27.5. The molecule has 0 fully saturated rings. The van der Waals surface area contributed by atoms with Gasteiger partial charge in [0.25, 0.3) is 0 Å². The molecular weight excluding hydrogens is 356 g/mol. The van der Waals surface area contributed by atoms with Crippen molar-refractivity contribution in [3.05, 3.63) is 0 Å². The molecule has 0 aliphatic rings. The number of hydrogen-bond acceptors (Lipinski definition) is 5. The van der Waals surface area contributed by atoms with E-state index in [2.05, 4.69) is 6.92 Å². The second-order valence-electron chi connectivity index (χ2n) is 8.28. The van der Waals surface area contributed by atoms with Crippen LogP contribution in [0.5, 0.6) is 0 Å². The van der Waals surface area contributed by atoms with E-state index in [1.54, 1.807) is 27.7 Å². The number of ketones is 1. The van der Waals surface area contributed by atoms with Gasteiger partial charge in [-0.2, -0.15) is 0 Å². The monoisotopic (exact) mass is 402 g/mol. The fourth-order valence-electron chi connectivity index (χ4n) is 4.44. The van der Waals surface area contributed by atoms with Crippen molar-refractivity contribution in [2.75, 3.05) is 0 Å². The van der Waals surface area contributed by atoms with Gasteiger partial charge in [0.15, 0.2) is 11.4 Å². The zero-order chi connectivity index (χ0) is 21.8. The SMILES string of the molecule is CCCCCCCCCCC(=O)[C@@](O)(CC)[C@@](O)(CC)[C@@](O)(CC)C(O)CC. The van der Waals surface area contributed by atoms with E-state index in [0.717, 1.165) is 19.3 Å². The summed E-state index contributed by atoms with van der Waals surface area (Å²) in [6.07, 6.45) is 7.93. The zero-order valence-electron chi connectivity index (χ0n) is 19.0. The number of Topliss-reactive ketones (excluding diaryl/α,β-unsaturated/α-hetero) is 1. The van der Waals surface area contributed by atoms with Gasteiger partial charge < -0.3 is 20.4 Å². The molecule has 0 aromatic carbocycles. The molecule has 0 rings (SSSR count). The summed E-state index contributed by atoms with van der Waals surface area (Å²) in [6.45, 7) is 8.82. The van der Waals surface area contributed by atoms with Gasteiger partial charge in [-0.15, -0.1) is 0 Å². The van der Waals surface area contributed by atoms with Crippen LogP contribution in [0.2, 0.25) is 0 Å². The molecule has 0 bridgehead atoms. The normalized spacial score (nSPS) is 19.5. The quantitative estimate of drug-likeness (QED) is 0.272. The number of rotatable bonds is 17. The Morgan fingerprint density at radius 3 is 1.64 bits per heavy atom. The fourth-order valence-corrected chi connectivity index (χ4v) is 4.44. The van der Waals surface area contributed by atoms with Crippen LogP contribution in [0.15, 0.2) is 0 Å². The van der Waals surface area contributed by atoms with Crippen LogP contribution in [-0.2, 0) is 4.79 Å². The molecular formula is C23H46O5. The van der Waals surface area contributed by atoms with Gasteiger partial charge >= 0.3 is 0 Å². The van der Waals surface area contributed by atoms with Crippen molar-refractivity contribution in [1.29, 1.82) is 0 Å². The number of carbonyl (C=O) groups excluding carboxylic acids is 1. The Morgan fingerprint density at radius 1 is 0.750 bits per heavy atom. The van der Waals surface area contributed by atoms with Crippen LogP contribution >= 0.6 is 0 Å². The molecule has 0 aromatic rings. The molecule has 28 heavy (non-hydrogen) atoms. The van der Waals surface area contributed by atoms with E-state index in [-0.39, 0.29) is 32.1 Å². The Hall–Kier alpha value is -0.490. The van der Waals surface area contributed by atoms with Crippen molar-refractivity contribution in [3.8, 4) is 0 Å². The molecule has 4 atom stereocenters. The predicted molar refractivity (Wildman–Crippen MR) is 114 cm³/mol. The molecule has 0 saturated heterocycles. The Labute approximate surface area is 172 Å². The molecule has 0 spiro atoms. The highest BCUT2D eigenvalue weighted by Crippen LogP contribution is 2.44. The first-order valence-corrected chi connectivity index (χ1v) is 11.5. The van der Waals surface area contributed by atoms with Crippen molar-refractivity contribution in [2.45, 2.75) is 141 Å². The third kappa shape index (κ3) is 6.01. The number of aliphatic hydroxyl groups is 4. The van der Waals surface area contributed by atoms with E-state index < -0.39 is 28.7 Å². The second kappa shape index (κ2) is 12.9. The van der Waals surface area contributed by atoms with Crippen LogP contribution in [0, 0.1) is 0 Å². The van der Waals surface area contributed by atoms with Gasteiger partial charge in [-0.3, -0.25) is 4.79 Å². The van der Waals surface area contributed by atoms with Gasteiger partial charge in [-0.1, -0.05) is 79.6 Å². The van der Waals surface area contributed by atoms with E-state index >= 15 is 0 Å². The lowest BCUT2D eigenvalue weighted by Gasteiger charge is -2.53. The van der Waals surface area contributed by atoms with Crippen LogP contribution in [0.3, 0.4) is 0 Å². The van der Waals surface area contributed by atoms with Crippen molar-refractivity contribution >= 4 is 5.78 Å². The van der Waals surface area contributed by atoms with Crippen molar-refractivity contribution < 1.29 is 25.2 Å². The lowest BCUT2D eigenvalue weighted by atomic mass is 9.62. The lowest BCUT2D eigenvalue weighted by molar-refractivity contribution is -0.270. The van der Waals surface area contributed by atoms with E-state index in [0.29, 0.717) is 6.42 Å². The van der Waals surface area contributed by atoms with Crippen LogP contribution in [0.1, 0.15) is 118 Å². The van der Waals surface area contributed by atoms with Crippen LogP contribution in [-0.4, -0.2) is 49.1 Å². The largest absolute Gasteiger partial charge is 0.390 e. The average Bonchev–Trinajstić information content (AvgIpc) is 2.72. The number of aliphatic hydroxyl groups excluding tert-OH is 1. The van der Waals surface area contributed by atoms with Crippen molar-refractivity contribution in [3.63, 3.8) is 0 Å². The first-order chi connectivity index (χ1) is 13.1. The molecule has 0 aliphatic carbocycles. The Bertz CT molecular complexity index is 441. The van der Waals surface area contributed by atoms with Crippen molar-refractivity contribution in [1.82, 2.24) is 0 Å². The standard InChI is InChI=1S/C23H46O5/c1-6-11-12-13-14-15-16-17-18-20(25)22(27,9-4)23(28,10-5)21(26,8-3)19(24)7-2/h19,24,26-28H,6-18H2,1-5H3/t19?,21-,22+,23-/m1/s1. The summed E-state index contributed by atoms with van der Waals surface area (Å²) < 4.78 is 0. The summed E-state index contributed by atoms with van der Waals surface area (Å²) in [7, 11) is 0. The molecule has 0 aliphatic heterocycles. The molecule has 0 aromatic heterocycles.